The molecule has 0 aromatic heterocycles. The van der Waals surface area contributed by atoms with E-state index < -0.39 is 21.1 Å². The van der Waals surface area contributed by atoms with Crippen molar-refractivity contribution in [2.24, 2.45) is 0 Å². The molecule has 96 valence electrons. The topological polar surface area (TPSA) is 86.3 Å². The number of sulfonamides is 1. The Morgan fingerprint density at radius 3 is 2.28 bits per heavy atom. The molecule has 0 aliphatic heterocycles. The van der Waals surface area contributed by atoms with E-state index in [1.54, 1.807) is 0 Å². The average Bonchev–Trinajstić information content (AvgIpc) is 2.26. The van der Waals surface area contributed by atoms with Crippen molar-refractivity contribution in [3.05, 3.63) is 24.3 Å². The number of hydrogen-bond donors (Lipinski definition) is 1. The Hall–Kier alpha value is 0.0800. The van der Waals surface area contributed by atoms with Gasteiger partial charge in [-0.2, -0.15) is 0 Å². The van der Waals surface area contributed by atoms with Crippen LogP contribution in [0.5, 0.6) is 0 Å². The van der Waals surface area contributed by atoms with Crippen molar-refractivity contribution >= 4 is 26.8 Å². The molecule has 1 aromatic rings. The maximum atomic E-state index is 11.5. The average molecular weight is 299 g/mol. The van der Waals surface area contributed by atoms with Crippen molar-refractivity contribution < 1.29 is 46.7 Å². The van der Waals surface area contributed by atoms with Crippen LogP contribution < -0.4 is 34.3 Å². The SMILES string of the molecule is CCCCS(=O)(=O)Nc1ccc(S(=O)[O-])cc1.[Na+]. The summed E-state index contributed by atoms with van der Waals surface area (Å²) >= 11 is -2.29. The number of anilines is 1. The van der Waals surface area contributed by atoms with Crippen molar-refractivity contribution in [2.45, 2.75) is 24.7 Å². The quantitative estimate of drug-likeness (QED) is 0.510. The minimum atomic E-state index is -3.33. The first-order valence-electron chi connectivity index (χ1n) is 5.14. The van der Waals surface area contributed by atoms with E-state index in [1.807, 2.05) is 6.92 Å². The Balaban J connectivity index is 0.00000289. The van der Waals surface area contributed by atoms with Crippen molar-refractivity contribution in [3.8, 4) is 0 Å². The van der Waals surface area contributed by atoms with Gasteiger partial charge in [0.1, 0.15) is 0 Å². The molecule has 0 heterocycles. The zero-order valence-corrected chi connectivity index (χ0v) is 14.0. The van der Waals surface area contributed by atoms with Crippen LogP contribution in [-0.4, -0.2) is 22.9 Å². The van der Waals surface area contributed by atoms with Crippen LogP contribution in [0, 0.1) is 0 Å². The summed E-state index contributed by atoms with van der Waals surface area (Å²) in [6, 6.07) is 5.55. The second-order valence-electron chi connectivity index (χ2n) is 3.53. The molecule has 1 aromatic carbocycles. The fraction of sp³-hybridized carbons (Fsp3) is 0.400. The molecule has 0 aliphatic carbocycles. The van der Waals surface area contributed by atoms with Crippen molar-refractivity contribution in [2.75, 3.05) is 10.5 Å². The van der Waals surface area contributed by atoms with Crippen LogP contribution in [-0.2, 0) is 21.1 Å². The molecule has 18 heavy (non-hydrogen) atoms. The van der Waals surface area contributed by atoms with E-state index in [2.05, 4.69) is 4.72 Å². The molecule has 1 N–H and O–H groups in total. The molecule has 0 bridgehead atoms. The van der Waals surface area contributed by atoms with Crippen LogP contribution in [0.3, 0.4) is 0 Å². The molecule has 0 radical (unpaired) electrons. The van der Waals surface area contributed by atoms with Gasteiger partial charge in [-0.05, 0) is 41.8 Å². The first-order chi connectivity index (χ1) is 7.94. The normalized spacial score (nSPS) is 12.6. The summed E-state index contributed by atoms with van der Waals surface area (Å²) in [6.07, 6.45) is 1.40. The van der Waals surface area contributed by atoms with Gasteiger partial charge in [0.2, 0.25) is 10.0 Å². The van der Waals surface area contributed by atoms with Gasteiger partial charge in [0, 0.05) is 10.6 Å². The Morgan fingerprint density at radius 2 is 1.83 bits per heavy atom. The van der Waals surface area contributed by atoms with Gasteiger partial charge in [-0.15, -0.1) is 0 Å². The van der Waals surface area contributed by atoms with Gasteiger partial charge < -0.3 is 4.55 Å². The van der Waals surface area contributed by atoms with Gasteiger partial charge in [-0.3, -0.25) is 8.93 Å². The molecule has 0 saturated carbocycles. The van der Waals surface area contributed by atoms with E-state index in [4.69, 9.17) is 0 Å². The third-order valence-corrected chi connectivity index (χ3v) is 4.12. The summed E-state index contributed by atoms with van der Waals surface area (Å²) in [5, 5.41) is 0. The number of nitrogens with one attached hydrogen (secondary N) is 1. The first-order valence-corrected chi connectivity index (χ1v) is 7.87. The second-order valence-corrected chi connectivity index (χ2v) is 6.32. The van der Waals surface area contributed by atoms with E-state index in [-0.39, 0.29) is 40.2 Å². The van der Waals surface area contributed by atoms with Crippen molar-refractivity contribution in [3.63, 3.8) is 0 Å². The molecular weight excluding hydrogens is 285 g/mol. The summed E-state index contributed by atoms with van der Waals surface area (Å²) in [4.78, 5) is 0.126. The summed E-state index contributed by atoms with van der Waals surface area (Å²) in [5.41, 5.74) is 0.371. The van der Waals surface area contributed by atoms with E-state index in [1.165, 1.54) is 24.3 Å². The third-order valence-electron chi connectivity index (χ3n) is 2.09. The van der Waals surface area contributed by atoms with Gasteiger partial charge in [0.25, 0.3) is 0 Å². The van der Waals surface area contributed by atoms with Crippen LogP contribution in [0.25, 0.3) is 0 Å². The van der Waals surface area contributed by atoms with Gasteiger partial charge in [0.15, 0.2) is 0 Å². The molecule has 0 amide bonds. The summed E-state index contributed by atoms with van der Waals surface area (Å²) in [6.45, 7) is 1.91. The molecule has 1 rings (SSSR count). The fourth-order valence-corrected chi connectivity index (χ4v) is 2.82. The smallest absolute Gasteiger partial charge is 0.768 e. The Bertz CT molecular complexity index is 487. The van der Waals surface area contributed by atoms with Crippen LogP contribution in [0.4, 0.5) is 5.69 Å². The first kappa shape index (κ1) is 18.1. The Labute approximate surface area is 132 Å². The van der Waals surface area contributed by atoms with E-state index in [0.29, 0.717) is 12.1 Å². The fourth-order valence-electron chi connectivity index (χ4n) is 1.20. The van der Waals surface area contributed by atoms with Gasteiger partial charge in [0.05, 0.1) is 5.75 Å². The number of unbranched alkanes of at least 4 members (excludes halogenated alkanes) is 1. The van der Waals surface area contributed by atoms with E-state index in [0.717, 1.165) is 6.42 Å². The van der Waals surface area contributed by atoms with Crippen LogP contribution in [0.1, 0.15) is 19.8 Å². The molecule has 5 nitrogen and oxygen atoms in total. The van der Waals surface area contributed by atoms with Crippen molar-refractivity contribution in [1.82, 2.24) is 0 Å². The zero-order valence-electron chi connectivity index (χ0n) is 10.4. The minimum Gasteiger partial charge on any atom is -0.768 e. The van der Waals surface area contributed by atoms with Gasteiger partial charge >= 0.3 is 29.6 Å². The molecule has 0 fully saturated rings. The van der Waals surface area contributed by atoms with Gasteiger partial charge in [-0.1, -0.05) is 13.3 Å². The predicted molar refractivity (Wildman–Crippen MR) is 65.9 cm³/mol. The summed E-state index contributed by atoms with van der Waals surface area (Å²) < 4.78 is 46.7. The zero-order chi connectivity index (χ0) is 12.9. The Kier molecular flexibility index (Phi) is 8.33. The molecule has 0 spiro atoms. The third kappa shape index (κ3) is 6.31. The summed E-state index contributed by atoms with van der Waals surface area (Å²) in [5.74, 6) is 0.0682. The predicted octanol–water partition coefficient (Wildman–Crippen LogP) is -1.53. The Morgan fingerprint density at radius 1 is 1.28 bits per heavy atom. The van der Waals surface area contributed by atoms with E-state index >= 15 is 0 Å². The molecule has 1 unspecified atom stereocenters. The van der Waals surface area contributed by atoms with E-state index in [9.17, 15) is 17.2 Å². The molecule has 0 aliphatic rings. The molecular formula is C10H14NNaO4S2. The monoisotopic (exact) mass is 299 g/mol. The van der Waals surface area contributed by atoms with Crippen LogP contribution >= 0.6 is 0 Å². The van der Waals surface area contributed by atoms with Crippen LogP contribution in [0.2, 0.25) is 0 Å². The minimum absolute atomic E-state index is 0. The number of benzene rings is 1. The molecule has 0 saturated heterocycles. The second kappa shape index (κ2) is 8.29. The summed E-state index contributed by atoms with van der Waals surface area (Å²) in [7, 11) is -3.33. The van der Waals surface area contributed by atoms with Crippen molar-refractivity contribution in [1.29, 1.82) is 0 Å². The standard InChI is InChI=1S/C10H15NO4S2.Na/c1-2-3-8-17(14,15)11-9-4-6-10(7-5-9)16(12)13;/h4-7,11H,2-3,8H2,1H3,(H,12,13);/q;+1/p-1. The maximum absolute atomic E-state index is 11.5. The maximum Gasteiger partial charge on any atom is 1.00 e. The van der Waals surface area contributed by atoms with Gasteiger partial charge in [-0.25, -0.2) is 8.42 Å². The number of hydrogen-bond acceptors (Lipinski definition) is 4. The molecule has 1 atom stereocenters. The number of rotatable bonds is 6. The molecule has 8 heteroatoms. The van der Waals surface area contributed by atoms with Crippen LogP contribution in [0.15, 0.2) is 29.2 Å². The largest absolute Gasteiger partial charge is 1.00 e.